The molecule has 0 atom stereocenters. The Hall–Kier alpha value is -0.830. The molecule has 0 aromatic carbocycles. The van der Waals surface area contributed by atoms with Crippen molar-refractivity contribution in [3.63, 3.8) is 0 Å². The fourth-order valence-corrected chi connectivity index (χ4v) is 1.68. The largest absolute Gasteiger partial charge is 0.303 e. The van der Waals surface area contributed by atoms with Crippen molar-refractivity contribution in [3.05, 3.63) is 16.4 Å². The van der Waals surface area contributed by atoms with Crippen molar-refractivity contribution in [2.24, 2.45) is 7.05 Å². The first-order valence-electron chi connectivity index (χ1n) is 4.34. The van der Waals surface area contributed by atoms with Gasteiger partial charge in [0.2, 0.25) is 0 Å². The van der Waals surface area contributed by atoms with Crippen LogP contribution in [0.5, 0.6) is 0 Å². The zero-order valence-corrected chi connectivity index (χ0v) is 8.64. The maximum atomic E-state index is 10.2. The third kappa shape index (κ3) is 2.10. The molecular weight excluding hydrogens is 188 g/mol. The molecule has 1 aromatic heterocycles. The Labute approximate surface area is 82.7 Å². The summed E-state index contributed by atoms with van der Waals surface area (Å²) < 4.78 is 1.75. The molecule has 4 heteroatoms. The van der Waals surface area contributed by atoms with Gasteiger partial charge in [0.15, 0.2) is 0 Å². The van der Waals surface area contributed by atoms with Gasteiger partial charge in [-0.2, -0.15) is 5.10 Å². The zero-order chi connectivity index (χ0) is 9.84. The van der Waals surface area contributed by atoms with E-state index in [-0.39, 0.29) is 0 Å². The minimum absolute atomic E-state index is 0.502. The van der Waals surface area contributed by atoms with Crippen molar-refractivity contribution in [2.45, 2.75) is 26.2 Å². The molecule has 0 bridgehead atoms. The van der Waals surface area contributed by atoms with Gasteiger partial charge in [-0.15, -0.1) is 0 Å². The highest BCUT2D eigenvalue weighted by Gasteiger charge is 2.11. The van der Waals surface area contributed by atoms with Crippen molar-refractivity contribution in [2.75, 3.05) is 0 Å². The molecule has 0 unspecified atom stereocenters. The second-order valence-corrected chi connectivity index (χ2v) is 3.27. The molecule has 1 aromatic rings. The van der Waals surface area contributed by atoms with Crippen LogP contribution in [0.1, 0.15) is 24.7 Å². The minimum Gasteiger partial charge on any atom is -0.303 e. The Morgan fingerprint density at radius 1 is 1.62 bits per heavy atom. The fourth-order valence-electron chi connectivity index (χ4n) is 1.29. The van der Waals surface area contributed by atoms with Crippen LogP contribution in [-0.4, -0.2) is 16.1 Å². The number of rotatable bonds is 4. The number of nitrogens with zero attached hydrogens (tertiary/aromatic N) is 2. The molecule has 3 nitrogen and oxygen atoms in total. The standard InChI is InChI=1S/C9H13ClN2O/c1-3-7-9(10)8(5-4-6-13)12(2)11-7/h6H,3-5H2,1-2H3. The summed E-state index contributed by atoms with van der Waals surface area (Å²) in [5.74, 6) is 0. The molecule has 1 heterocycles. The van der Waals surface area contributed by atoms with E-state index in [1.807, 2.05) is 14.0 Å². The quantitative estimate of drug-likeness (QED) is 0.695. The molecule has 0 fully saturated rings. The lowest BCUT2D eigenvalue weighted by atomic mass is 10.2. The van der Waals surface area contributed by atoms with Gasteiger partial charge < -0.3 is 4.79 Å². The summed E-state index contributed by atoms with van der Waals surface area (Å²) in [5, 5.41) is 4.97. The molecule has 0 aliphatic carbocycles. The van der Waals surface area contributed by atoms with E-state index < -0.39 is 0 Å². The number of carbonyl (C=O) groups excluding carboxylic acids is 1. The average molecular weight is 201 g/mol. The van der Waals surface area contributed by atoms with E-state index in [9.17, 15) is 4.79 Å². The van der Waals surface area contributed by atoms with Crippen LogP contribution >= 0.6 is 11.6 Å². The topological polar surface area (TPSA) is 34.9 Å². The molecule has 0 spiro atoms. The van der Waals surface area contributed by atoms with Gasteiger partial charge in [-0.05, 0) is 12.8 Å². The number of hydrogen-bond acceptors (Lipinski definition) is 2. The molecule has 72 valence electrons. The van der Waals surface area contributed by atoms with Gasteiger partial charge in [0.25, 0.3) is 0 Å². The molecule has 0 aliphatic rings. The molecule has 0 amide bonds. The van der Waals surface area contributed by atoms with Gasteiger partial charge in [-0.25, -0.2) is 0 Å². The van der Waals surface area contributed by atoms with E-state index in [2.05, 4.69) is 5.10 Å². The predicted octanol–water partition coefficient (Wildman–Crippen LogP) is 1.77. The van der Waals surface area contributed by atoms with Crippen molar-refractivity contribution in [1.82, 2.24) is 9.78 Å². The van der Waals surface area contributed by atoms with Crippen LogP contribution in [0.4, 0.5) is 0 Å². The number of aryl methyl sites for hydroxylation is 2. The van der Waals surface area contributed by atoms with Crippen LogP contribution in [0.25, 0.3) is 0 Å². The van der Waals surface area contributed by atoms with Crippen LogP contribution in [0.2, 0.25) is 5.02 Å². The van der Waals surface area contributed by atoms with Gasteiger partial charge in [-0.3, -0.25) is 4.68 Å². The molecule has 0 saturated heterocycles. The highest BCUT2D eigenvalue weighted by Crippen LogP contribution is 2.21. The first-order chi connectivity index (χ1) is 6.20. The van der Waals surface area contributed by atoms with Gasteiger partial charge >= 0.3 is 0 Å². The van der Waals surface area contributed by atoms with Gasteiger partial charge in [0.1, 0.15) is 6.29 Å². The summed E-state index contributed by atoms with van der Waals surface area (Å²) in [6.07, 6.45) is 2.90. The smallest absolute Gasteiger partial charge is 0.120 e. The minimum atomic E-state index is 0.502. The lowest BCUT2D eigenvalue weighted by Gasteiger charge is -1.97. The van der Waals surface area contributed by atoms with E-state index >= 15 is 0 Å². The van der Waals surface area contributed by atoms with E-state index in [4.69, 9.17) is 11.6 Å². The van der Waals surface area contributed by atoms with Gasteiger partial charge in [0, 0.05) is 13.5 Å². The Bertz CT molecular complexity index is 307. The number of aromatic nitrogens is 2. The Morgan fingerprint density at radius 3 is 2.77 bits per heavy atom. The summed E-state index contributed by atoms with van der Waals surface area (Å²) in [6, 6.07) is 0. The summed E-state index contributed by atoms with van der Waals surface area (Å²) in [4.78, 5) is 10.2. The lowest BCUT2D eigenvalue weighted by molar-refractivity contribution is -0.107. The van der Waals surface area contributed by atoms with E-state index in [0.29, 0.717) is 17.9 Å². The molecule has 0 radical (unpaired) electrons. The van der Waals surface area contributed by atoms with Gasteiger partial charge in [0.05, 0.1) is 16.4 Å². The van der Waals surface area contributed by atoms with Crippen LogP contribution in [0, 0.1) is 0 Å². The fraction of sp³-hybridized carbons (Fsp3) is 0.556. The molecule has 1 rings (SSSR count). The average Bonchev–Trinajstić information content (AvgIpc) is 2.39. The third-order valence-electron chi connectivity index (χ3n) is 2.00. The Morgan fingerprint density at radius 2 is 2.31 bits per heavy atom. The third-order valence-corrected chi connectivity index (χ3v) is 2.44. The van der Waals surface area contributed by atoms with Crippen molar-refractivity contribution < 1.29 is 4.79 Å². The second kappa shape index (κ2) is 4.42. The van der Waals surface area contributed by atoms with Crippen LogP contribution in [-0.2, 0) is 24.7 Å². The highest BCUT2D eigenvalue weighted by atomic mass is 35.5. The lowest BCUT2D eigenvalue weighted by Crippen LogP contribution is -1.98. The second-order valence-electron chi connectivity index (χ2n) is 2.89. The molecular formula is C9H13ClN2O. The normalized spacial score (nSPS) is 10.4. The summed E-state index contributed by atoms with van der Waals surface area (Å²) in [7, 11) is 1.85. The van der Waals surface area contributed by atoms with Crippen LogP contribution in [0.3, 0.4) is 0 Å². The first kappa shape index (κ1) is 10.3. The predicted molar refractivity (Wildman–Crippen MR) is 52.0 cm³/mol. The molecule has 13 heavy (non-hydrogen) atoms. The van der Waals surface area contributed by atoms with Crippen LogP contribution < -0.4 is 0 Å². The molecule has 0 N–H and O–H groups in total. The highest BCUT2D eigenvalue weighted by molar-refractivity contribution is 6.31. The number of carbonyl (C=O) groups is 1. The number of hydrogen-bond donors (Lipinski definition) is 0. The van der Waals surface area contributed by atoms with E-state index in [1.165, 1.54) is 0 Å². The summed E-state index contributed by atoms with van der Waals surface area (Å²) in [5.41, 5.74) is 1.86. The van der Waals surface area contributed by atoms with Crippen molar-refractivity contribution in [3.8, 4) is 0 Å². The number of aldehydes is 1. The first-order valence-corrected chi connectivity index (χ1v) is 4.72. The van der Waals surface area contributed by atoms with Crippen LogP contribution in [0.15, 0.2) is 0 Å². The maximum absolute atomic E-state index is 10.2. The zero-order valence-electron chi connectivity index (χ0n) is 7.88. The molecule has 0 saturated carbocycles. The van der Waals surface area contributed by atoms with Crippen molar-refractivity contribution in [1.29, 1.82) is 0 Å². The number of halogens is 1. The monoisotopic (exact) mass is 200 g/mol. The van der Waals surface area contributed by atoms with E-state index in [1.54, 1.807) is 4.68 Å². The maximum Gasteiger partial charge on any atom is 0.120 e. The van der Waals surface area contributed by atoms with Crippen molar-refractivity contribution >= 4 is 17.9 Å². The van der Waals surface area contributed by atoms with E-state index in [0.717, 1.165) is 24.1 Å². The Balaban J connectivity index is 2.91. The Kier molecular flexibility index (Phi) is 3.48. The molecule has 0 aliphatic heterocycles. The van der Waals surface area contributed by atoms with Gasteiger partial charge in [-0.1, -0.05) is 18.5 Å². The summed E-state index contributed by atoms with van der Waals surface area (Å²) >= 11 is 6.07. The summed E-state index contributed by atoms with van der Waals surface area (Å²) in [6.45, 7) is 2.01. The SMILES string of the molecule is CCc1nn(C)c(CCC=O)c1Cl.